The van der Waals surface area contributed by atoms with Gasteiger partial charge in [-0.1, -0.05) is 35.9 Å². The Hall–Kier alpha value is -4.63. The maximum absolute atomic E-state index is 11.3. The first-order valence-corrected chi connectivity index (χ1v) is 14.9. The smallest absolute Gasteiger partial charge is 0.227 e. The Morgan fingerprint density at radius 1 is 1.05 bits per heavy atom. The number of likely N-dealkylation sites (tertiary alicyclic amines) is 1. The van der Waals surface area contributed by atoms with Gasteiger partial charge in [-0.05, 0) is 84.5 Å². The second-order valence-corrected chi connectivity index (χ2v) is 11.7. The third kappa shape index (κ3) is 5.21. The highest BCUT2D eigenvalue weighted by molar-refractivity contribution is 6.35. The van der Waals surface area contributed by atoms with Crippen LogP contribution in [0.25, 0.3) is 44.6 Å². The van der Waals surface area contributed by atoms with Gasteiger partial charge in [0.15, 0.2) is 11.4 Å². The maximum atomic E-state index is 11.3. The third-order valence-corrected chi connectivity index (χ3v) is 8.63. The highest BCUT2D eigenvalue weighted by atomic mass is 35.5. The topological polar surface area (TPSA) is 104 Å². The molecule has 8 nitrogen and oxygen atoms in total. The number of benzene rings is 3. The number of nitrogens with one attached hydrogen (secondary N) is 1. The molecule has 6 aromatic rings. The number of rotatable bonds is 7. The fourth-order valence-corrected chi connectivity index (χ4v) is 6.30. The molecule has 0 bridgehead atoms. The largest absolute Gasteiger partial charge is 0.434 e. The number of pyridine rings is 2. The van der Waals surface area contributed by atoms with Crippen molar-refractivity contribution in [3.8, 4) is 22.6 Å². The number of oxazole rings is 1. The Morgan fingerprint density at radius 3 is 2.64 bits per heavy atom. The molecule has 1 saturated heterocycles. The molecule has 3 aromatic carbocycles. The molecule has 4 heterocycles. The van der Waals surface area contributed by atoms with Crippen LogP contribution >= 0.6 is 11.6 Å². The average molecular weight is 604 g/mol. The number of aliphatic hydroxyl groups is 1. The number of halogens is 1. The molecule has 0 unspecified atom stereocenters. The van der Waals surface area contributed by atoms with E-state index in [0.29, 0.717) is 39.9 Å². The number of carbonyl (C=O) groups is 1. The van der Waals surface area contributed by atoms with Crippen molar-refractivity contribution in [2.75, 3.05) is 18.4 Å². The number of β-amino-alcohol motifs (C(OH)–C–C–N with tert-alkyl or cyclic N) is 1. The lowest BCUT2D eigenvalue weighted by Crippen LogP contribution is -2.21. The minimum atomic E-state index is -0.243. The second-order valence-electron chi connectivity index (χ2n) is 11.3. The quantitative estimate of drug-likeness (QED) is 0.181. The number of fused-ring (bicyclic) bond motifs is 2. The van der Waals surface area contributed by atoms with E-state index in [4.69, 9.17) is 21.0 Å². The Balaban J connectivity index is 1.20. The van der Waals surface area contributed by atoms with E-state index >= 15 is 0 Å². The Morgan fingerprint density at radius 2 is 1.84 bits per heavy atom. The van der Waals surface area contributed by atoms with E-state index in [1.54, 1.807) is 18.3 Å². The summed E-state index contributed by atoms with van der Waals surface area (Å²) in [6.45, 7) is 6.50. The van der Waals surface area contributed by atoms with Crippen LogP contribution in [0.15, 0.2) is 77.5 Å². The van der Waals surface area contributed by atoms with E-state index in [1.165, 1.54) is 0 Å². The van der Waals surface area contributed by atoms with Gasteiger partial charge in [0.25, 0.3) is 0 Å². The summed E-state index contributed by atoms with van der Waals surface area (Å²) in [5.41, 5.74) is 9.32. The normalized spacial score (nSPS) is 15.3. The number of nitrogens with zero attached hydrogens (tertiary/aromatic N) is 4. The lowest BCUT2D eigenvalue weighted by atomic mass is 9.93. The maximum Gasteiger partial charge on any atom is 0.227 e. The van der Waals surface area contributed by atoms with Crippen LogP contribution in [0.1, 0.15) is 33.5 Å². The average Bonchev–Trinajstić information content (AvgIpc) is 3.64. The van der Waals surface area contributed by atoms with E-state index in [2.05, 4.69) is 45.3 Å². The van der Waals surface area contributed by atoms with Crippen LogP contribution in [0.4, 0.5) is 11.5 Å². The van der Waals surface area contributed by atoms with Gasteiger partial charge in [-0.3, -0.25) is 14.7 Å². The summed E-state index contributed by atoms with van der Waals surface area (Å²) in [7, 11) is 0. The molecule has 0 amide bonds. The minimum absolute atomic E-state index is 0.243. The van der Waals surface area contributed by atoms with Gasteiger partial charge in [0.05, 0.1) is 11.1 Å². The molecule has 3 aromatic heterocycles. The van der Waals surface area contributed by atoms with Crippen molar-refractivity contribution in [2.45, 2.75) is 32.9 Å². The number of aldehydes is 1. The number of aromatic nitrogens is 3. The van der Waals surface area contributed by atoms with Crippen LogP contribution in [-0.2, 0) is 6.54 Å². The van der Waals surface area contributed by atoms with Crippen LogP contribution in [0.2, 0.25) is 5.02 Å². The summed E-state index contributed by atoms with van der Waals surface area (Å²) >= 11 is 6.38. The highest BCUT2D eigenvalue weighted by Crippen LogP contribution is 2.38. The van der Waals surface area contributed by atoms with Crippen LogP contribution in [0, 0.1) is 13.8 Å². The third-order valence-electron chi connectivity index (χ3n) is 8.35. The molecule has 44 heavy (non-hydrogen) atoms. The van der Waals surface area contributed by atoms with Crippen molar-refractivity contribution in [2.24, 2.45) is 0 Å². The van der Waals surface area contributed by atoms with Gasteiger partial charge in [0.1, 0.15) is 17.3 Å². The highest BCUT2D eigenvalue weighted by Gasteiger charge is 2.21. The summed E-state index contributed by atoms with van der Waals surface area (Å²) < 4.78 is 6.08. The van der Waals surface area contributed by atoms with Gasteiger partial charge in [-0.15, -0.1) is 0 Å². The number of carbonyl (C=O) groups excluding carboxylic acids is 1. The zero-order valence-electron chi connectivity index (χ0n) is 24.3. The SMILES string of the molecule is Cc1c(Nc2nccc3cc(CN4CC[C@@H](O)C4)cnc23)cccc1-c1cccc(-c2nc3cc(C=O)cc(Cl)c3o2)c1C. The fraction of sp³-hybridized carbons (Fsp3) is 0.200. The Bertz CT molecular complexity index is 2060. The van der Waals surface area contributed by atoms with E-state index in [-0.39, 0.29) is 6.10 Å². The molecule has 1 aliphatic rings. The van der Waals surface area contributed by atoms with Crippen molar-refractivity contribution in [1.29, 1.82) is 0 Å². The zero-order valence-corrected chi connectivity index (χ0v) is 25.1. The molecule has 1 fully saturated rings. The van der Waals surface area contributed by atoms with Crippen LogP contribution in [-0.4, -0.2) is 50.4 Å². The molecule has 1 aliphatic heterocycles. The standard InChI is InChI=1S/C35H30ClN5O3/c1-20-26(5-3-7-28(20)35-40-31-15-22(19-42)14-29(36)33(31)44-35)27-6-4-8-30(21(27)2)39-34-32-24(9-11-37-34)13-23(16-38-32)17-41-12-10-25(43)18-41/h3-9,11,13-16,19,25,43H,10,12,17-18H2,1-2H3,(H,37,39)/t25-/m1/s1. The molecule has 0 aliphatic carbocycles. The minimum Gasteiger partial charge on any atom is -0.434 e. The van der Waals surface area contributed by atoms with E-state index < -0.39 is 0 Å². The first-order chi connectivity index (χ1) is 21.4. The van der Waals surface area contributed by atoms with Crippen molar-refractivity contribution < 1.29 is 14.3 Å². The fourth-order valence-electron chi connectivity index (χ4n) is 6.04. The van der Waals surface area contributed by atoms with Crippen LogP contribution in [0.3, 0.4) is 0 Å². The van der Waals surface area contributed by atoms with E-state index in [1.807, 2.05) is 43.5 Å². The Kier molecular flexibility index (Phi) is 7.34. The molecule has 0 radical (unpaired) electrons. The molecule has 0 saturated carbocycles. The summed E-state index contributed by atoms with van der Waals surface area (Å²) in [5, 5.41) is 14.8. The molecule has 9 heteroatoms. The molecule has 220 valence electrons. The van der Waals surface area contributed by atoms with Crippen molar-refractivity contribution >= 4 is 51.4 Å². The number of aliphatic hydroxyl groups excluding tert-OH is 1. The van der Waals surface area contributed by atoms with Crippen LogP contribution < -0.4 is 5.32 Å². The first kappa shape index (κ1) is 28.2. The van der Waals surface area contributed by atoms with E-state index in [0.717, 1.165) is 75.8 Å². The molecule has 7 rings (SSSR count). The number of hydrogen-bond acceptors (Lipinski definition) is 8. The monoisotopic (exact) mass is 603 g/mol. The van der Waals surface area contributed by atoms with Gasteiger partial charge in [-0.2, -0.15) is 0 Å². The van der Waals surface area contributed by atoms with Gasteiger partial charge in [0.2, 0.25) is 5.89 Å². The number of hydrogen-bond donors (Lipinski definition) is 2. The van der Waals surface area contributed by atoms with Gasteiger partial charge >= 0.3 is 0 Å². The molecule has 1 atom stereocenters. The van der Waals surface area contributed by atoms with Gasteiger partial charge in [-0.25, -0.2) is 9.97 Å². The predicted octanol–water partition coefficient (Wildman–Crippen LogP) is 7.50. The molecular weight excluding hydrogens is 574 g/mol. The summed E-state index contributed by atoms with van der Waals surface area (Å²) in [6.07, 6.45) is 5.02. The lowest BCUT2D eigenvalue weighted by molar-refractivity contribution is 0.112. The van der Waals surface area contributed by atoms with Gasteiger partial charge in [0, 0.05) is 54.2 Å². The van der Waals surface area contributed by atoms with Crippen molar-refractivity contribution in [1.82, 2.24) is 19.9 Å². The van der Waals surface area contributed by atoms with Crippen molar-refractivity contribution in [3.63, 3.8) is 0 Å². The first-order valence-electron chi connectivity index (χ1n) is 14.5. The van der Waals surface area contributed by atoms with Crippen LogP contribution in [0.5, 0.6) is 0 Å². The second kappa shape index (κ2) is 11.5. The summed E-state index contributed by atoms with van der Waals surface area (Å²) in [6, 6.07) is 19.6. The molecule has 2 N–H and O–H groups in total. The molecule has 0 spiro atoms. The lowest BCUT2D eigenvalue weighted by Gasteiger charge is -2.17. The van der Waals surface area contributed by atoms with Gasteiger partial charge < -0.3 is 14.8 Å². The number of anilines is 2. The zero-order chi connectivity index (χ0) is 30.4. The molecular formula is C35H30ClN5O3. The Labute approximate surface area is 259 Å². The summed E-state index contributed by atoms with van der Waals surface area (Å²) in [4.78, 5) is 27.6. The predicted molar refractivity (Wildman–Crippen MR) is 173 cm³/mol. The summed E-state index contributed by atoms with van der Waals surface area (Å²) in [5.74, 6) is 1.14. The van der Waals surface area contributed by atoms with Crippen molar-refractivity contribution in [3.05, 3.63) is 100 Å². The van der Waals surface area contributed by atoms with E-state index in [9.17, 15) is 9.90 Å².